The lowest BCUT2D eigenvalue weighted by molar-refractivity contribution is -0.126. The first kappa shape index (κ1) is 17.0. The number of nitrogens with one attached hydrogen (secondary N) is 1. The maximum absolute atomic E-state index is 12.6. The first-order valence-electron chi connectivity index (χ1n) is 10.0. The van der Waals surface area contributed by atoms with E-state index in [9.17, 15) is 4.79 Å². The van der Waals surface area contributed by atoms with Gasteiger partial charge in [-0.25, -0.2) is 0 Å². The molecule has 1 saturated carbocycles. The zero-order valence-corrected chi connectivity index (χ0v) is 15.0. The van der Waals surface area contributed by atoms with E-state index in [1.165, 1.54) is 31.2 Å². The Labute approximate surface area is 150 Å². The highest BCUT2D eigenvalue weighted by molar-refractivity contribution is 5.79. The molecule has 0 spiro atoms. The summed E-state index contributed by atoms with van der Waals surface area (Å²) in [4.78, 5) is 15.2. The lowest BCUT2D eigenvalue weighted by Crippen LogP contribution is -2.43. The van der Waals surface area contributed by atoms with Crippen molar-refractivity contribution in [3.05, 3.63) is 35.9 Å². The molecule has 25 heavy (non-hydrogen) atoms. The van der Waals surface area contributed by atoms with Gasteiger partial charge in [-0.15, -0.1) is 0 Å². The zero-order valence-electron chi connectivity index (χ0n) is 15.0. The van der Waals surface area contributed by atoms with E-state index in [1.54, 1.807) is 0 Å². The Morgan fingerprint density at radius 3 is 2.56 bits per heavy atom. The van der Waals surface area contributed by atoms with Crippen LogP contribution in [0, 0.1) is 5.92 Å². The van der Waals surface area contributed by atoms with Crippen molar-refractivity contribution in [3.63, 3.8) is 0 Å². The van der Waals surface area contributed by atoms with Crippen LogP contribution in [0.25, 0.3) is 0 Å². The summed E-state index contributed by atoms with van der Waals surface area (Å²) in [5.74, 6) is 0.542. The molecule has 2 aliphatic heterocycles. The van der Waals surface area contributed by atoms with Gasteiger partial charge in [0, 0.05) is 31.1 Å². The van der Waals surface area contributed by atoms with E-state index in [0.717, 1.165) is 39.0 Å². The van der Waals surface area contributed by atoms with Crippen LogP contribution in [0.4, 0.5) is 0 Å². The molecular weight excluding hydrogens is 312 g/mol. The Kier molecular flexibility index (Phi) is 5.37. The van der Waals surface area contributed by atoms with Gasteiger partial charge in [0.05, 0.1) is 12.7 Å². The molecule has 136 valence electrons. The minimum atomic E-state index is 0.161. The Morgan fingerprint density at radius 1 is 1.04 bits per heavy atom. The van der Waals surface area contributed by atoms with Gasteiger partial charge in [0.25, 0.3) is 0 Å². The monoisotopic (exact) mass is 342 g/mol. The molecule has 3 aliphatic rings. The Bertz CT molecular complexity index is 569. The van der Waals surface area contributed by atoms with Crippen molar-refractivity contribution in [3.8, 4) is 0 Å². The summed E-state index contributed by atoms with van der Waals surface area (Å²) in [5, 5.41) is 3.35. The summed E-state index contributed by atoms with van der Waals surface area (Å²) in [6, 6.07) is 11.2. The van der Waals surface area contributed by atoms with Crippen LogP contribution in [0.5, 0.6) is 0 Å². The molecule has 2 saturated heterocycles. The van der Waals surface area contributed by atoms with Gasteiger partial charge in [-0.05, 0) is 24.8 Å². The molecule has 0 unspecified atom stereocenters. The number of hydrogen-bond acceptors (Lipinski definition) is 3. The van der Waals surface area contributed by atoms with E-state index >= 15 is 0 Å². The standard InChI is InChI=1S/C21H30N2O2/c24-21(17-10-4-1-2-5-11-17)22-18-12-19-15-25-20(14-23(19)13-18)16-8-6-3-7-9-16/h3,6-9,17-20H,1-2,4-5,10-15H2,(H,22,24)/t18-,19+,20-/m1/s1. The van der Waals surface area contributed by atoms with Gasteiger partial charge in [-0.1, -0.05) is 56.0 Å². The summed E-state index contributed by atoms with van der Waals surface area (Å²) in [7, 11) is 0. The fourth-order valence-corrected chi connectivity index (χ4v) is 4.71. The van der Waals surface area contributed by atoms with E-state index in [-0.39, 0.29) is 12.0 Å². The molecule has 0 radical (unpaired) electrons. The van der Waals surface area contributed by atoms with Crippen molar-refractivity contribution >= 4 is 5.91 Å². The minimum absolute atomic E-state index is 0.161. The SMILES string of the molecule is O=C(N[C@@H]1C[C@H]2CO[C@@H](c3ccccc3)CN2C1)C1CCCCCC1. The maximum Gasteiger partial charge on any atom is 0.223 e. The van der Waals surface area contributed by atoms with Crippen LogP contribution in [0.3, 0.4) is 0 Å². The predicted octanol–water partition coefficient (Wildman–Crippen LogP) is 3.29. The summed E-state index contributed by atoms with van der Waals surface area (Å²) in [5.41, 5.74) is 1.26. The van der Waals surface area contributed by atoms with Crippen LogP contribution >= 0.6 is 0 Å². The number of morpholine rings is 1. The Morgan fingerprint density at radius 2 is 1.80 bits per heavy atom. The van der Waals surface area contributed by atoms with Gasteiger partial charge in [0.15, 0.2) is 0 Å². The lowest BCUT2D eigenvalue weighted by atomic mass is 9.99. The van der Waals surface area contributed by atoms with Gasteiger partial charge < -0.3 is 10.1 Å². The van der Waals surface area contributed by atoms with Gasteiger partial charge in [0.1, 0.15) is 0 Å². The van der Waals surface area contributed by atoms with Crippen molar-refractivity contribution < 1.29 is 9.53 Å². The van der Waals surface area contributed by atoms with Crippen molar-refractivity contribution in [2.45, 2.75) is 63.1 Å². The molecular formula is C21H30N2O2. The smallest absolute Gasteiger partial charge is 0.223 e. The minimum Gasteiger partial charge on any atom is -0.371 e. The number of rotatable bonds is 3. The molecule has 1 N–H and O–H groups in total. The van der Waals surface area contributed by atoms with Gasteiger partial charge >= 0.3 is 0 Å². The third-order valence-corrected chi connectivity index (χ3v) is 6.16. The number of carbonyl (C=O) groups excluding carboxylic acids is 1. The fraction of sp³-hybridized carbons (Fsp3) is 0.667. The van der Waals surface area contributed by atoms with Crippen LogP contribution in [0.15, 0.2) is 30.3 Å². The second-order valence-corrected chi connectivity index (χ2v) is 7.97. The molecule has 1 amide bonds. The van der Waals surface area contributed by atoms with Gasteiger partial charge in [0.2, 0.25) is 5.91 Å². The van der Waals surface area contributed by atoms with E-state index in [1.807, 2.05) is 6.07 Å². The van der Waals surface area contributed by atoms with Crippen molar-refractivity contribution in [1.82, 2.24) is 10.2 Å². The normalized spacial score (nSPS) is 31.3. The quantitative estimate of drug-likeness (QED) is 0.857. The number of amides is 1. The number of ether oxygens (including phenoxy) is 1. The van der Waals surface area contributed by atoms with E-state index in [0.29, 0.717) is 18.0 Å². The first-order chi connectivity index (χ1) is 12.3. The summed E-state index contributed by atoms with van der Waals surface area (Å²) in [6.07, 6.45) is 8.35. The number of nitrogens with zero attached hydrogens (tertiary/aromatic N) is 1. The molecule has 4 nitrogen and oxygen atoms in total. The first-order valence-corrected chi connectivity index (χ1v) is 10.0. The molecule has 0 aromatic heterocycles. The highest BCUT2D eigenvalue weighted by Gasteiger charge is 2.38. The highest BCUT2D eigenvalue weighted by atomic mass is 16.5. The Hall–Kier alpha value is -1.39. The molecule has 1 aromatic rings. The lowest BCUT2D eigenvalue weighted by Gasteiger charge is -2.35. The predicted molar refractivity (Wildman–Crippen MR) is 98.2 cm³/mol. The topological polar surface area (TPSA) is 41.6 Å². The summed E-state index contributed by atoms with van der Waals surface area (Å²) >= 11 is 0. The maximum atomic E-state index is 12.6. The van der Waals surface area contributed by atoms with Crippen molar-refractivity contribution in [2.24, 2.45) is 5.92 Å². The van der Waals surface area contributed by atoms with Gasteiger partial charge in [-0.2, -0.15) is 0 Å². The van der Waals surface area contributed by atoms with Crippen molar-refractivity contribution in [2.75, 3.05) is 19.7 Å². The van der Waals surface area contributed by atoms with Gasteiger partial charge in [-0.3, -0.25) is 9.69 Å². The van der Waals surface area contributed by atoms with Crippen LogP contribution in [0.1, 0.15) is 56.6 Å². The molecule has 1 aliphatic carbocycles. The highest BCUT2D eigenvalue weighted by Crippen LogP contribution is 2.30. The summed E-state index contributed by atoms with van der Waals surface area (Å²) in [6.45, 7) is 2.68. The van der Waals surface area contributed by atoms with Crippen LogP contribution in [-0.2, 0) is 9.53 Å². The summed E-state index contributed by atoms with van der Waals surface area (Å²) < 4.78 is 6.11. The zero-order chi connectivity index (χ0) is 17.1. The number of carbonyl (C=O) groups is 1. The molecule has 4 heteroatoms. The molecule has 1 aromatic carbocycles. The third kappa shape index (κ3) is 4.06. The Balaban J connectivity index is 1.31. The van der Waals surface area contributed by atoms with E-state index in [4.69, 9.17) is 4.74 Å². The molecule has 2 heterocycles. The molecule has 3 fully saturated rings. The average molecular weight is 342 g/mol. The second-order valence-electron chi connectivity index (χ2n) is 7.97. The average Bonchev–Trinajstić information content (AvgIpc) is 2.85. The largest absolute Gasteiger partial charge is 0.371 e. The molecule has 3 atom stereocenters. The number of fused-ring (bicyclic) bond motifs is 1. The molecule has 0 bridgehead atoms. The number of benzene rings is 1. The van der Waals surface area contributed by atoms with Crippen LogP contribution in [0.2, 0.25) is 0 Å². The fourth-order valence-electron chi connectivity index (χ4n) is 4.71. The number of hydrogen-bond donors (Lipinski definition) is 1. The van der Waals surface area contributed by atoms with E-state index < -0.39 is 0 Å². The van der Waals surface area contributed by atoms with Crippen LogP contribution in [-0.4, -0.2) is 42.6 Å². The van der Waals surface area contributed by atoms with Crippen LogP contribution < -0.4 is 5.32 Å². The van der Waals surface area contributed by atoms with E-state index in [2.05, 4.69) is 34.5 Å². The second kappa shape index (κ2) is 7.88. The third-order valence-electron chi connectivity index (χ3n) is 6.16. The van der Waals surface area contributed by atoms with Crippen molar-refractivity contribution in [1.29, 1.82) is 0 Å². The molecule has 4 rings (SSSR count).